The van der Waals surface area contributed by atoms with Crippen molar-refractivity contribution in [3.8, 4) is 11.1 Å². The Balaban J connectivity index is 2.61. The Morgan fingerprint density at radius 3 is 2.16 bits per heavy atom. The zero-order valence-electron chi connectivity index (χ0n) is 16.9. The molecule has 0 unspecified atom stereocenters. The average Bonchev–Trinajstić information content (AvgIpc) is 2.67. The monoisotopic (exact) mass is 465 g/mol. The van der Waals surface area contributed by atoms with Gasteiger partial charge in [-0.25, -0.2) is 4.39 Å². The van der Waals surface area contributed by atoms with Gasteiger partial charge in [-0.15, -0.1) is 0 Å². The number of hydrogen-bond donors (Lipinski definition) is 0. The van der Waals surface area contributed by atoms with E-state index in [-0.39, 0.29) is 28.7 Å². The van der Waals surface area contributed by atoms with E-state index >= 15 is 0 Å². The van der Waals surface area contributed by atoms with Crippen LogP contribution >= 0.6 is 0 Å². The number of halogens is 7. The minimum Gasteiger partial charge on any atom is -0.469 e. The molecule has 0 spiro atoms. The van der Waals surface area contributed by atoms with E-state index in [1.807, 2.05) is 0 Å². The van der Waals surface area contributed by atoms with E-state index in [0.29, 0.717) is 17.0 Å². The summed E-state index contributed by atoms with van der Waals surface area (Å²) in [6, 6.07) is 5.60. The van der Waals surface area contributed by atoms with Gasteiger partial charge < -0.3 is 9.64 Å². The van der Waals surface area contributed by atoms with Crippen molar-refractivity contribution in [3.63, 3.8) is 0 Å². The van der Waals surface area contributed by atoms with Gasteiger partial charge in [-0.2, -0.15) is 26.3 Å². The summed E-state index contributed by atoms with van der Waals surface area (Å²) in [6.45, 7) is -1.69. The quantitative estimate of drug-likeness (QED) is 0.439. The first-order chi connectivity index (χ1) is 14.7. The van der Waals surface area contributed by atoms with Gasteiger partial charge in [0.25, 0.3) is 0 Å². The molecule has 2 rings (SSSR count). The topological polar surface area (TPSA) is 46.6 Å². The summed E-state index contributed by atoms with van der Waals surface area (Å²) in [5.74, 6) is -2.54. The molecule has 0 aromatic heterocycles. The Bertz CT molecular complexity index is 1000. The highest BCUT2D eigenvalue weighted by atomic mass is 19.4. The number of alkyl halides is 6. The fraction of sp³-hybridized carbons (Fsp3) is 0.333. The maximum absolute atomic E-state index is 14.6. The van der Waals surface area contributed by atoms with Crippen molar-refractivity contribution < 1.29 is 45.1 Å². The van der Waals surface area contributed by atoms with Crippen LogP contribution in [0.1, 0.15) is 23.6 Å². The molecule has 32 heavy (non-hydrogen) atoms. The van der Waals surface area contributed by atoms with Crippen LogP contribution in [0, 0.1) is 5.82 Å². The molecule has 2 aromatic rings. The molecule has 0 N–H and O–H groups in total. The number of hydrogen-bond acceptors (Lipinski definition) is 3. The number of esters is 1. The third-order valence-electron chi connectivity index (χ3n) is 4.51. The lowest BCUT2D eigenvalue weighted by Crippen LogP contribution is -2.37. The van der Waals surface area contributed by atoms with Gasteiger partial charge in [-0.05, 0) is 41.0 Å². The molecule has 0 atom stereocenters. The lowest BCUT2D eigenvalue weighted by Gasteiger charge is -2.24. The van der Waals surface area contributed by atoms with E-state index in [4.69, 9.17) is 0 Å². The molecule has 2 aromatic carbocycles. The van der Waals surface area contributed by atoms with Gasteiger partial charge in [0.1, 0.15) is 12.4 Å². The molecule has 0 aliphatic rings. The standard InChI is InChI=1S/C21H18F7NO3/c1-12(30)29(11-20(23,24)25)10-14-9-15(21(26,27)28)4-5-16(14)17-7-13(3-6-18(17)22)8-19(31)32-2/h3-7,9H,8,10-11H2,1-2H3. The number of methoxy groups -OCH3 is 1. The van der Waals surface area contributed by atoms with Crippen molar-refractivity contribution in [2.75, 3.05) is 13.7 Å². The van der Waals surface area contributed by atoms with Gasteiger partial charge in [0.2, 0.25) is 5.91 Å². The van der Waals surface area contributed by atoms with Crippen molar-refractivity contribution in [1.29, 1.82) is 0 Å². The van der Waals surface area contributed by atoms with E-state index in [0.717, 1.165) is 26.2 Å². The summed E-state index contributed by atoms with van der Waals surface area (Å²) in [7, 11) is 1.14. The van der Waals surface area contributed by atoms with E-state index < -0.39 is 48.7 Å². The summed E-state index contributed by atoms with van der Waals surface area (Å²) in [6.07, 6.45) is -9.86. The van der Waals surface area contributed by atoms with Crippen LogP contribution in [-0.2, 0) is 33.5 Å². The Labute approximate surface area is 178 Å². The van der Waals surface area contributed by atoms with Crippen LogP contribution in [0.25, 0.3) is 11.1 Å². The number of carbonyl (C=O) groups excluding carboxylic acids is 2. The lowest BCUT2D eigenvalue weighted by atomic mass is 9.94. The normalized spacial score (nSPS) is 11.9. The fourth-order valence-corrected chi connectivity index (χ4v) is 2.99. The van der Waals surface area contributed by atoms with Crippen molar-refractivity contribution in [1.82, 2.24) is 4.90 Å². The molecule has 0 fully saturated rings. The number of amides is 1. The highest BCUT2D eigenvalue weighted by molar-refractivity contribution is 5.76. The molecule has 0 radical (unpaired) electrons. The summed E-state index contributed by atoms with van der Waals surface area (Å²) in [5, 5.41) is 0. The third-order valence-corrected chi connectivity index (χ3v) is 4.51. The Hall–Kier alpha value is -3.11. The maximum Gasteiger partial charge on any atom is 0.416 e. The summed E-state index contributed by atoms with van der Waals surface area (Å²) >= 11 is 0. The first-order valence-electron chi connectivity index (χ1n) is 9.09. The van der Waals surface area contributed by atoms with E-state index in [1.54, 1.807) is 0 Å². The molecule has 11 heteroatoms. The zero-order valence-corrected chi connectivity index (χ0v) is 16.9. The Morgan fingerprint density at radius 2 is 1.62 bits per heavy atom. The van der Waals surface area contributed by atoms with Crippen LogP contribution in [0.15, 0.2) is 36.4 Å². The minimum atomic E-state index is -4.82. The van der Waals surface area contributed by atoms with Crippen molar-refractivity contribution >= 4 is 11.9 Å². The molecular weight excluding hydrogens is 447 g/mol. The lowest BCUT2D eigenvalue weighted by molar-refractivity contribution is -0.161. The Kier molecular flexibility index (Phi) is 7.53. The van der Waals surface area contributed by atoms with Gasteiger partial charge in [-0.1, -0.05) is 12.1 Å². The van der Waals surface area contributed by atoms with Gasteiger partial charge in [-0.3, -0.25) is 9.59 Å². The van der Waals surface area contributed by atoms with Crippen LogP contribution in [-0.4, -0.2) is 36.6 Å². The van der Waals surface area contributed by atoms with E-state index in [2.05, 4.69) is 4.74 Å². The van der Waals surface area contributed by atoms with E-state index in [1.165, 1.54) is 12.1 Å². The second-order valence-corrected chi connectivity index (χ2v) is 6.93. The van der Waals surface area contributed by atoms with Gasteiger partial charge >= 0.3 is 18.3 Å². The summed E-state index contributed by atoms with van der Waals surface area (Å²) in [4.78, 5) is 23.5. The second-order valence-electron chi connectivity index (χ2n) is 6.93. The number of ether oxygens (including phenoxy) is 1. The maximum atomic E-state index is 14.6. The van der Waals surface area contributed by atoms with Crippen LogP contribution in [0.2, 0.25) is 0 Å². The summed E-state index contributed by atoms with van der Waals surface area (Å²) < 4.78 is 97.3. The SMILES string of the molecule is COC(=O)Cc1ccc(F)c(-c2ccc(C(F)(F)F)cc2CN(CC(F)(F)F)C(C)=O)c1. The second kappa shape index (κ2) is 9.58. The van der Waals surface area contributed by atoms with Gasteiger partial charge in [0, 0.05) is 19.0 Å². The van der Waals surface area contributed by atoms with Crippen molar-refractivity contribution in [3.05, 3.63) is 58.9 Å². The smallest absolute Gasteiger partial charge is 0.416 e. The number of rotatable bonds is 6. The van der Waals surface area contributed by atoms with Gasteiger partial charge in [0.05, 0.1) is 19.1 Å². The molecule has 0 heterocycles. The van der Waals surface area contributed by atoms with Crippen molar-refractivity contribution in [2.24, 2.45) is 0 Å². The van der Waals surface area contributed by atoms with Crippen molar-refractivity contribution in [2.45, 2.75) is 32.2 Å². The number of benzene rings is 2. The van der Waals surface area contributed by atoms with E-state index in [9.17, 15) is 40.3 Å². The molecule has 0 saturated carbocycles. The predicted molar refractivity (Wildman–Crippen MR) is 99.7 cm³/mol. The third kappa shape index (κ3) is 6.69. The number of nitrogens with zero attached hydrogens (tertiary/aromatic N) is 1. The molecule has 0 aliphatic carbocycles. The zero-order chi connectivity index (χ0) is 24.3. The largest absolute Gasteiger partial charge is 0.469 e. The molecule has 0 aliphatic heterocycles. The Morgan fingerprint density at radius 1 is 0.969 bits per heavy atom. The fourth-order valence-electron chi connectivity index (χ4n) is 2.99. The van der Waals surface area contributed by atoms with Crippen LogP contribution in [0.3, 0.4) is 0 Å². The first-order valence-corrected chi connectivity index (χ1v) is 9.09. The molecule has 1 amide bonds. The molecule has 0 saturated heterocycles. The van der Waals surface area contributed by atoms with Gasteiger partial charge in [0.15, 0.2) is 0 Å². The first kappa shape index (κ1) is 25.2. The van der Waals surface area contributed by atoms with Crippen LogP contribution < -0.4 is 0 Å². The minimum absolute atomic E-state index is 0.143. The predicted octanol–water partition coefficient (Wildman–Crippen LogP) is 5.14. The molecule has 4 nitrogen and oxygen atoms in total. The number of carbonyl (C=O) groups is 2. The molecular formula is C21H18F7NO3. The van der Waals surface area contributed by atoms with Crippen LogP contribution in [0.4, 0.5) is 30.7 Å². The molecule has 0 bridgehead atoms. The highest BCUT2D eigenvalue weighted by Crippen LogP contribution is 2.35. The average molecular weight is 465 g/mol. The molecule has 174 valence electrons. The van der Waals surface area contributed by atoms with Crippen LogP contribution in [0.5, 0.6) is 0 Å². The summed E-state index contributed by atoms with van der Waals surface area (Å²) in [5.41, 5.74) is -1.61. The highest BCUT2D eigenvalue weighted by Gasteiger charge is 2.34.